The van der Waals surface area contributed by atoms with Gasteiger partial charge in [-0.3, -0.25) is 14.4 Å². The minimum absolute atomic E-state index is 0.0476. The molecule has 3 amide bonds. The predicted octanol–water partition coefficient (Wildman–Crippen LogP) is 1.51. The van der Waals surface area contributed by atoms with Crippen LogP contribution >= 0.6 is 0 Å². The third kappa shape index (κ3) is 4.85. The second-order valence-corrected chi connectivity index (χ2v) is 8.03. The van der Waals surface area contributed by atoms with E-state index in [4.69, 9.17) is 4.74 Å². The van der Waals surface area contributed by atoms with Gasteiger partial charge in [-0.25, -0.2) is 0 Å². The molecule has 0 bridgehead atoms. The number of rotatable bonds is 6. The van der Waals surface area contributed by atoms with Crippen molar-refractivity contribution in [2.45, 2.75) is 6.42 Å². The van der Waals surface area contributed by atoms with Crippen LogP contribution in [0.4, 0.5) is 11.4 Å². The molecule has 1 unspecified atom stereocenters. The number of nitrogens with zero attached hydrogens (tertiary/aromatic N) is 3. The number of para-hydroxylation sites is 1. The van der Waals surface area contributed by atoms with Crippen LogP contribution in [0.1, 0.15) is 6.42 Å². The summed E-state index contributed by atoms with van der Waals surface area (Å²) in [4.78, 5) is 43.3. The second-order valence-electron chi connectivity index (χ2n) is 8.03. The van der Waals surface area contributed by atoms with Crippen LogP contribution in [0, 0.1) is 5.92 Å². The quantitative estimate of drug-likeness (QED) is 0.743. The topological polar surface area (TPSA) is 82.2 Å². The molecule has 2 aliphatic rings. The van der Waals surface area contributed by atoms with Crippen LogP contribution in [0.15, 0.2) is 54.6 Å². The highest BCUT2D eigenvalue weighted by Crippen LogP contribution is 2.28. The van der Waals surface area contributed by atoms with E-state index in [9.17, 15) is 14.4 Å². The van der Waals surface area contributed by atoms with E-state index < -0.39 is 5.92 Å². The summed E-state index contributed by atoms with van der Waals surface area (Å²) in [6.45, 7) is 3.01. The molecule has 8 heteroatoms. The summed E-state index contributed by atoms with van der Waals surface area (Å²) < 4.78 is 5.22. The number of carbonyl (C=O) groups excluding carboxylic acids is 3. The molecule has 8 nitrogen and oxygen atoms in total. The standard InChI is InChI=1S/C24H28N4O4/c1-32-21-9-5-8-20(15-21)28-17-18(14-22(28)29)24(31)25-16-23(30)27-12-10-26(11-13-27)19-6-3-2-4-7-19/h2-9,15,18H,10-14,16-17H2,1H3,(H,25,31). The summed E-state index contributed by atoms with van der Waals surface area (Å²) in [5, 5.41) is 2.73. The molecule has 168 valence electrons. The van der Waals surface area contributed by atoms with Gasteiger partial charge in [0, 0.05) is 56.6 Å². The lowest BCUT2D eigenvalue weighted by molar-refractivity contribution is -0.134. The first-order chi connectivity index (χ1) is 15.5. The summed E-state index contributed by atoms with van der Waals surface area (Å²) >= 11 is 0. The lowest BCUT2D eigenvalue weighted by atomic mass is 10.1. The zero-order valence-electron chi connectivity index (χ0n) is 18.2. The van der Waals surface area contributed by atoms with Crippen molar-refractivity contribution in [2.24, 2.45) is 5.92 Å². The molecule has 1 N–H and O–H groups in total. The minimum atomic E-state index is -0.476. The second kappa shape index (κ2) is 9.72. The largest absolute Gasteiger partial charge is 0.497 e. The van der Waals surface area contributed by atoms with Gasteiger partial charge in [-0.15, -0.1) is 0 Å². The number of ether oxygens (including phenoxy) is 1. The van der Waals surface area contributed by atoms with E-state index in [1.54, 1.807) is 29.0 Å². The molecule has 0 spiro atoms. The summed E-state index contributed by atoms with van der Waals surface area (Å²) in [7, 11) is 1.57. The number of anilines is 2. The fourth-order valence-electron chi connectivity index (χ4n) is 4.18. The van der Waals surface area contributed by atoms with Crippen molar-refractivity contribution in [3.8, 4) is 5.75 Å². The van der Waals surface area contributed by atoms with Crippen molar-refractivity contribution in [3.05, 3.63) is 54.6 Å². The van der Waals surface area contributed by atoms with Gasteiger partial charge in [0.25, 0.3) is 0 Å². The van der Waals surface area contributed by atoms with Crippen LogP contribution in [0.5, 0.6) is 5.75 Å². The number of hydrogen-bond acceptors (Lipinski definition) is 5. The first-order valence-corrected chi connectivity index (χ1v) is 10.8. The lowest BCUT2D eigenvalue weighted by Gasteiger charge is -2.36. The Balaban J connectivity index is 1.25. The Bertz CT molecular complexity index is 973. The summed E-state index contributed by atoms with van der Waals surface area (Å²) in [6.07, 6.45) is 0.132. The van der Waals surface area contributed by atoms with Gasteiger partial charge in [0.2, 0.25) is 17.7 Å². The molecular formula is C24H28N4O4. The lowest BCUT2D eigenvalue weighted by Crippen LogP contribution is -2.51. The molecule has 2 fully saturated rings. The van der Waals surface area contributed by atoms with Gasteiger partial charge in [-0.1, -0.05) is 24.3 Å². The molecule has 2 heterocycles. The van der Waals surface area contributed by atoms with Crippen molar-refractivity contribution in [1.29, 1.82) is 0 Å². The first-order valence-electron chi connectivity index (χ1n) is 10.8. The molecule has 0 aromatic heterocycles. The number of amides is 3. The fraction of sp³-hybridized carbons (Fsp3) is 0.375. The Morgan fingerprint density at radius 3 is 2.44 bits per heavy atom. The number of nitrogens with one attached hydrogen (secondary N) is 1. The Hall–Kier alpha value is -3.55. The molecule has 1 atom stereocenters. The first kappa shape index (κ1) is 21.7. The van der Waals surface area contributed by atoms with Crippen molar-refractivity contribution in [1.82, 2.24) is 10.2 Å². The van der Waals surface area contributed by atoms with E-state index >= 15 is 0 Å². The molecule has 2 aromatic carbocycles. The number of methoxy groups -OCH3 is 1. The monoisotopic (exact) mass is 436 g/mol. The maximum Gasteiger partial charge on any atom is 0.242 e. The Morgan fingerprint density at radius 2 is 1.72 bits per heavy atom. The molecule has 2 saturated heterocycles. The minimum Gasteiger partial charge on any atom is -0.497 e. The molecule has 4 rings (SSSR count). The highest BCUT2D eigenvalue weighted by atomic mass is 16.5. The zero-order valence-corrected chi connectivity index (χ0v) is 18.2. The van der Waals surface area contributed by atoms with E-state index in [0.717, 1.165) is 18.8 Å². The molecule has 0 radical (unpaired) electrons. The van der Waals surface area contributed by atoms with Crippen molar-refractivity contribution in [2.75, 3.05) is 56.2 Å². The molecule has 0 saturated carbocycles. The fourth-order valence-corrected chi connectivity index (χ4v) is 4.18. The number of hydrogen-bond donors (Lipinski definition) is 1. The zero-order chi connectivity index (χ0) is 22.5. The van der Waals surface area contributed by atoms with Crippen LogP contribution in [0.3, 0.4) is 0 Å². The van der Waals surface area contributed by atoms with Crippen LogP contribution in [0.2, 0.25) is 0 Å². The van der Waals surface area contributed by atoms with E-state index in [1.165, 1.54) is 0 Å². The molecular weight excluding hydrogens is 408 g/mol. The Morgan fingerprint density at radius 1 is 1.00 bits per heavy atom. The SMILES string of the molecule is COc1cccc(N2CC(C(=O)NCC(=O)N3CCN(c4ccccc4)CC3)CC2=O)c1. The van der Waals surface area contributed by atoms with Gasteiger partial charge in [-0.2, -0.15) is 0 Å². The predicted molar refractivity (Wildman–Crippen MR) is 122 cm³/mol. The highest BCUT2D eigenvalue weighted by molar-refractivity contribution is 6.00. The van der Waals surface area contributed by atoms with Crippen molar-refractivity contribution in [3.63, 3.8) is 0 Å². The molecule has 2 aromatic rings. The average Bonchev–Trinajstić information content (AvgIpc) is 3.24. The van der Waals surface area contributed by atoms with Gasteiger partial charge in [-0.05, 0) is 24.3 Å². The summed E-state index contributed by atoms with van der Waals surface area (Å²) in [6, 6.07) is 17.3. The van der Waals surface area contributed by atoms with Crippen molar-refractivity contribution < 1.29 is 19.1 Å². The van der Waals surface area contributed by atoms with Crippen LogP contribution < -0.4 is 19.9 Å². The van der Waals surface area contributed by atoms with Crippen LogP contribution in [-0.4, -0.2) is 69.0 Å². The molecule has 2 aliphatic heterocycles. The normalized spacial score (nSPS) is 18.6. The van der Waals surface area contributed by atoms with Crippen LogP contribution in [-0.2, 0) is 14.4 Å². The third-order valence-electron chi connectivity index (χ3n) is 6.03. The average molecular weight is 437 g/mol. The maximum atomic E-state index is 12.6. The van der Waals surface area contributed by atoms with Gasteiger partial charge in [0.05, 0.1) is 19.6 Å². The van der Waals surface area contributed by atoms with Gasteiger partial charge in [0.15, 0.2) is 0 Å². The number of piperazine rings is 1. The van der Waals surface area contributed by atoms with Gasteiger partial charge in [0.1, 0.15) is 5.75 Å². The van der Waals surface area contributed by atoms with Crippen molar-refractivity contribution >= 4 is 29.1 Å². The number of carbonyl (C=O) groups is 3. The molecule has 32 heavy (non-hydrogen) atoms. The van der Waals surface area contributed by atoms with E-state index in [1.807, 2.05) is 30.3 Å². The Kier molecular flexibility index (Phi) is 6.58. The summed E-state index contributed by atoms with van der Waals surface area (Å²) in [5.41, 5.74) is 1.86. The smallest absolute Gasteiger partial charge is 0.242 e. The molecule has 0 aliphatic carbocycles. The van der Waals surface area contributed by atoms with Gasteiger partial charge < -0.3 is 24.8 Å². The van der Waals surface area contributed by atoms with E-state index in [-0.39, 0.29) is 30.7 Å². The maximum absolute atomic E-state index is 12.6. The van der Waals surface area contributed by atoms with E-state index in [0.29, 0.717) is 31.1 Å². The third-order valence-corrected chi connectivity index (χ3v) is 6.03. The van der Waals surface area contributed by atoms with E-state index in [2.05, 4.69) is 22.3 Å². The summed E-state index contributed by atoms with van der Waals surface area (Å²) in [5.74, 6) is -0.292. The van der Waals surface area contributed by atoms with Gasteiger partial charge >= 0.3 is 0 Å². The number of benzene rings is 2. The van der Waals surface area contributed by atoms with Crippen LogP contribution in [0.25, 0.3) is 0 Å². The highest BCUT2D eigenvalue weighted by Gasteiger charge is 2.35. The Labute approximate surface area is 187 Å².